The second-order valence-corrected chi connectivity index (χ2v) is 6.14. The highest BCUT2D eigenvalue weighted by Crippen LogP contribution is 2.32. The molecular weight excluding hydrogens is 266 g/mol. The maximum Gasteiger partial charge on any atom is 0.145 e. The van der Waals surface area contributed by atoms with Gasteiger partial charge in [-0.3, -0.25) is 4.90 Å². The van der Waals surface area contributed by atoms with Crippen LogP contribution >= 0.6 is 0 Å². The lowest BCUT2D eigenvalue weighted by molar-refractivity contribution is 0.152. The molecule has 1 fully saturated rings. The number of ether oxygens (including phenoxy) is 1. The molecule has 1 aromatic carbocycles. The molecule has 5 heteroatoms. The van der Waals surface area contributed by atoms with Crippen molar-refractivity contribution in [2.75, 3.05) is 20.2 Å². The van der Waals surface area contributed by atoms with Crippen molar-refractivity contribution in [3.63, 3.8) is 0 Å². The molecule has 1 aliphatic heterocycles. The Labute approximate surface area is 126 Å². The Morgan fingerprint density at radius 1 is 1.43 bits per heavy atom. The number of methoxy groups -OCH3 is 1. The zero-order valence-corrected chi connectivity index (χ0v) is 13.1. The van der Waals surface area contributed by atoms with Crippen molar-refractivity contribution in [1.82, 2.24) is 4.90 Å². The minimum atomic E-state index is -0.193. The first kappa shape index (κ1) is 15.6. The van der Waals surface area contributed by atoms with Crippen LogP contribution in [0.4, 0.5) is 0 Å². The molecule has 0 aromatic heterocycles. The topological polar surface area (TPSA) is 71.1 Å². The van der Waals surface area contributed by atoms with E-state index >= 15 is 0 Å². The molecule has 1 aromatic rings. The standard InChI is InChI=1S/C16H25N3O2/c1-12-4-5-14(21-3)13(10-12)11-19-8-6-16(2,7-9-19)15(17)18-20/h4-5,10,20H,6-9,11H2,1-3H3,(H2,17,18). The molecule has 0 unspecified atom stereocenters. The van der Waals surface area contributed by atoms with Gasteiger partial charge < -0.3 is 15.7 Å². The van der Waals surface area contributed by atoms with Crippen molar-refractivity contribution in [2.45, 2.75) is 33.2 Å². The van der Waals surface area contributed by atoms with Gasteiger partial charge in [0.25, 0.3) is 0 Å². The highest BCUT2D eigenvalue weighted by molar-refractivity contribution is 5.85. The van der Waals surface area contributed by atoms with E-state index in [4.69, 9.17) is 15.7 Å². The number of oxime groups is 1. The number of nitrogens with zero attached hydrogens (tertiary/aromatic N) is 2. The number of rotatable bonds is 4. The number of hydrogen-bond donors (Lipinski definition) is 2. The number of nitrogens with two attached hydrogens (primary N) is 1. The highest BCUT2D eigenvalue weighted by atomic mass is 16.5. The fourth-order valence-electron chi connectivity index (χ4n) is 2.85. The lowest BCUT2D eigenvalue weighted by atomic mass is 9.79. The summed E-state index contributed by atoms with van der Waals surface area (Å²) in [5.41, 5.74) is 8.07. The second kappa shape index (κ2) is 6.35. The lowest BCUT2D eigenvalue weighted by Gasteiger charge is -2.38. The Bertz CT molecular complexity index is 520. The van der Waals surface area contributed by atoms with E-state index in [9.17, 15) is 0 Å². The van der Waals surface area contributed by atoms with Gasteiger partial charge in [0, 0.05) is 17.5 Å². The van der Waals surface area contributed by atoms with Crippen molar-refractivity contribution >= 4 is 5.84 Å². The fraction of sp³-hybridized carbons (Fsp3) is 0.562. The summed E-state index contributed by atoms with van der Waals surface area (Å²) in [5, 5.41) is 12.1. The number of benzene rings is 1. The van der Waals surface area contributed by atoms with E-state index < -0.39 is 0 Å². The maximum atomic E-state index is 8.88. The summed E-state index contributed by atoms with van der Waals surface area (Å²) in [6.07, 6.45) is 1.80. The monoisotopic (exact) mass is 291 g/mol. The molecule has 1 saturated heterocycles. The van der Waals surface area contributed by atoms with Crippen LogP contribution in [-0.2, 0) is 6.54 Å². The van der Waals surface area contributed by atoms with Crippen molar-refractivity contribution in [3.05, 3.63) is 29.3 Å². The van der Waals surface area contributed by atoms with Gasteiger partial charge in [-0.15, -0.1) is 0 Å². The van der Waals surface area contributed by atoms with Crippen LogP contribution in [0.3, 0.4) is 0 Å². The zero-order valence-electron chi connectivity index (χ0n) is 13.1. The zero-order chi connectivity index (χ0) is 15.5. The van der Waals surface area contributed by atoms with Gasteiger partial charge in [-0.1, -0.05) is 29.8 Å². The third-order valence-electron chi connectivity index (χ3n) is 4.52. The molecular formula is C16H25N3O2. The van der Waals surface area contributed by atoms with E-state index in [0.717, 1.165) is 38.2 Å². The first-order valence-electron chi connectivity index (χ1n) is 7.32. The molecule has 0 amide bonds. The molecule has 2 rings (SSSR count). The third kappa shape index (κ3) is 3.47. The summed E-state index contributed by atoms with van der Waals surface area (Å²) in [5.74, 6) is 1.28. The Kier molecular flexibility index (Phi) is 4.73. The van der Waals surface area contributed by atoms with Gasteiger partial charge in [-0.2, -0.15) is 0 Å². The molecule has 0 aliphatic carbocycles. The van der Waals surface area contributed by atoms with Crippen LogP contribution in [0.1, 0.15) is 30.9 Å². The summed E-state index contributed by atoms with van der Waals surface area (Å²) in [7, 11) is 1.71. The van der Waals surface area contributed by atoms with Gasteiger partial charge in [0.1, 0.15) is 11.6 Å². The van der Waals surface area contributed by atoms with Crippen LogP contribution in [-0.4, -0.2) is 36.1 Å². The Morgan fingerprint density at radius 2 is 2.10 bits per heavy atom. The minimum Gasteiger partial charge on any atom is -0.496 e. The predicted molar refractivity (Wildman–Crippen MR) is 83.8 cm³/mol. The molecule has 116 valence electrons. The molecule has 0 saturated carbocycles. The highest BCUT2D eigenvalue weighted by Gasteiger charge is 2.34. The first-order valence-corrected chi connectivity index (χ1v) is 7.32. The molecule has 1 heterocycles. The van der Waals surface area contributed by atoms with Crippen LogP contribution in [0, 0.1) is 12.3 Å². The third-order valence-corrected chi connectivity index (χ3v) is 4.52. The van der Waals surface area contributed by atoms with E-state index in [-0.39, 0.29) is 5.41 Å². The average Bonchev–Trinajstić information content (AvgIpc) is 2.49. The Hall–Kier alpha value is -1.75. The number of piperidine rings is 1. The smallest absolute Gasteiger partial charge is 0.145 e. The molecule has 0 bridgehead atoms. The molecule has 21 heavy (non-hydrogen) atoms. The summed E-state index contributed by atoms with van der Waals surface area (Å²) in [6.45, 7) is 6.89. The average molecular weight is 291 g/mol. The Morgan fingerprint density at radius 3 is 2.67 bits per heavy atom. The second-order valence-electron chi connectivity index (χ2n) is 6.14. The van der Waals surface area contributed by atoms with E-state index in [1.165, 1.54) is 11.1 Å². The number of amidine groups is 1. The summed E-state index contributed by atoms with van der Waals surface area (Å²) in [4.78, 5) is 2.39. The lowest BCUT2D eigenvalue weighted by Crippen LogP contribution is -2.45. The number of likely N-dealkylation sites (tertiary alicyclic amines) is 1. The molecule has 0 radical (unpaired) electrons. The van der Waals surface area contributed by atoms with Crippen LogP contribution in [0.5, 0.6) is 5.75 Å². The normalized spacial score (nSPS) is 19.5. The van der Waals surface area contributed by atoms with Crippen molar-refractivity contribution in [1.29, 1.82) is 0 Å². The van der Waals surface area contributed by atoms with Gasteiger partial charge in [-0.25, -0.2) is 0 Å². The number of aryl methyl sites for hydroxylation is 1. The van der Waals surface area contributed by atoms with Crippen LogP contribution in [0.25, 0.3) is 0 Å². The minimum absolute atomic E-state index is 0.193. The quantitative estimate of drug-likeness (QED) is 0.386. The molecule has 3 N–H and O–H groups in total. The molecule has 1 aliphatic rings. The summed E-state index contributed by atoms with van der Waals surface area (Å²) < 4.78 is 5.44. The summed E-state index contributed by atoms with van der Waals surface area (Å²) in [6, 6.07) is 6.26. The van der Waals surface area contributed by atoms with E-state index in [1.807, 2.05) is 6.07 Å². The van der Waals surface area contributed by atoms with E-state index in [2.05, 4.69) is 36.0 Å². The van der Waals surface area contributed by atoms with Crippen LogP contribution < -0.4 is 10.5 Å². The van der Waals surface area contributed by atoms with Crippen molar-refractivity contribution in [2.24, 2.45) is 16.3 Å². The van der Waals surface area contributed by atoms with Gasteiger partial charge in [-0.05, 0) is 38.9 Å². The van der Waals surface area contributed by atoms with Crippen LogP contribution in [0.2, 0.25) is 0 Å². The fourth-order valence-corrected chi connectivity index (χ4v) is 2.85. The molecule has 5 nitrogen and oxygen atoms in total. The first-order chi connectivity index (χ1) is 9.98. The van der Waals surface area contributed by atoms with Crippen molar-refractivity contribution < 1.29 is 9.94 Å². The van der Waals surface area contributed by atoms with E-state index in [1.54, 1.807) is 7.11 Å². The van der Waals surface area contributed by atoms with Gasteiger partial charge >= 0.3 is 0 Å². The largest absolute Gasteiger partial charge is 0.496 e. The van der Waals surface area contributed by atoms with Crippen molar-refractivity contribution in [3.8, 4) is 5.75 Å². The maximum absolute atomic E-state index is 8.88. The summed E-state index contributed by atoms with van der Waals surface area (Å²) >= 11 is 0. The molecule has 0 spiro atoms. The molecule has 0 atom stereocenters. The Balaban J connectivity index is 2.03. The number of hydrogen-bond acceptors (Lipinski definition) is 4. The van der Waals surface area contributed by atoms with Gasteiger partial charge in [0.2, 0.25) is 0 Å². The van der Waals surface area contributed by atoms with Gasteiger partial charge in [0.15, 0.2) is 0 Å². The van der Waals surface area contributed by atoms with Crippen LogP contribution in [0.15, 0.2) is 23.4 Å². The van der Waals surface area contributed by atoms with E-state index in [0.29, 0.717) is 5.84 Å². The SMILES string of the molecule is COc1ccc(C)cc1CN1CCC(C)(/C(N)=N/O)CC1. The van der Waals surface area contributed by atoms with Gasteiger partial charge in [0.05, 0.1) is 7.11 Å². The predicted octanol–water partition coefficient (Wildman–Crippen LogP) is 2.35.